The van der Waals surface area contributed by atoms with Crippen LogP contribution in [0.3, 0.4) is 0 Å². The number of carbonyl (C=O) groups is 1. The number of hydrogen-bond donors (Lipinski definition) is 0. The molecule has 0 aliphatic heterocycles. The molecule has 0 N–H and O–H groups in total. The quantitative estimate of drug-likeness (QED) is 0.457. The van der Waals surface area contributed by atoms with Gasteiger partial charge < -0.3 is 0 Å². The molecular weight excluding hydrogens is 450 g/mol. The first-order valence-electron chi connectivity index (χ1n) is 3.88. The number of rotatable bonds is 5. The summed E-state index contributed by atoms with van der Waals surface area (Å²) in [6, 6.07) is 0. The first kappa shape index (κ1) is 17.3. The summed E-state index contributed by atoms with van der Waals surface area (Å²) in [5.41, 5.74) is 0. The van der Waals surface area contributed by atoms with Crippen LogP contribution in [-0.2, 0) is 9.53 Å². The van der Waals surface area contributed by atoms with Crippen molar-refractivity contribution in [1.82, 2.24) is 0 Å². The molecule has 0 aliphatic carbocycles. The molecule has 0 saturated heterocycles. The van der Waals surface area contributed by atoms with Gasteiger partial charge in [-0.1, -0.05) is 0 Å². The average molecular weight is 458 g/mol. The third kappa shape index (κ3) is 7.34. The van der Waals surface area contributed by atoms with Crippen LogP contribution in [0.25, 0.3) is 0 Å². The maximum atomic E-state index is 11.2. The van der Waals surface area contributed by atoms with E-state index in [2.05, 4.69) is 0 Å². The molecule has 0 bridgehead atoms. The van der Waals surface area contributed by atoms with Crippen molar-refractivity contribution < 1.29 is 9.53 Å². The Kier molecular flexibility index (Phi) is 8.10. The zero-order chi connectivity index (χ0) is 12.3. The van der Waals surface area contributed by atoms with Gasteiger partial charge >= 0.3 is 120 Å². The Morgan fingerprint density at radius 2 is 1.53 bits per heavy atom. The number of halogens is 6. The van der Waals surface area contributed by atoms with E-state index in [9.17, 15) is 4.79 Å². The third-order valence-electron chi connectivity index (χ3n) is 1.47. The summed E-state index contributed by atoms with van der Waals surface area (Å²) in [5.74, 6) is -0.489. The van der Waals surface area contributed by atoms with Gasteiger partial charge in [0.2, 0.25) is 0 Å². The zero-order valence-electron chi connectivity index (χ0n) is 7.58. The summed E-state index contributed by atoms with van der Waals surface area (Å²) < 4.78 is 4.04. The Hall–Kier alpha value is 2.30. The van der Waals surface area contributed by atoms with Crippen LogP contribution in [0.4, 0.5) is 0 Å². The Balaban J connectivity index is 4.62. The molecule has 0 aromatic carbocycles. The molecular formula is C5H8Cl6Ge2O2. The van der Waals surface area contributed by atoms with Crippen molar-refractivity contribution in [2.45, 2.75) is 16.9 Å². The van der Waals surface area contributed by atoms with Crippen molar-refractivity contribution in [3.63, 3.8) is 0 Å². The molecule has 10 heteroatoms. The number of ether oxygens (including phenoxy) is 1. The zero-order valence-corrected chi connectivity index (χ0v) is 16.3. The van der Waals surface area contributed by atoms with Gasteiger partial charge in [0.05, 0.1) is 0 Å². The summed E-state index contributed by atoms with van der Waals surface area (Å²) in [5, 5.41) is 0. The molecule has 0 atom stereocenters. The second-order valence-electron chi connectivity index (χ2n) is 2.64. The molecule has 0 spiro atoms. The molecule has 0 radical (unpaired) electrons. The Morgan fingerprint density at radius 1 is 1.13 bits per heavy atom. The summed E-state index contributed by atoms with van der Waals surface area (Å²) in [4.78, 5) is 11.2. The normalized spacial score (nSPS) is 13.1. The van der Waals surface area contributed by atoms with Crippen LogP contribution < -0.4 is 0 Å². The fourth-order valence-corrected chi connectivity index (χ4v) is 49.8. The topological polar surface area (TPSA) is 26.3 Å². The van der Waals surface area contributed by atoms with Gasteiger partial charge in [0, 0.05) is 0 Å². The van der Waals surface area contributed by atoms with Crippen molar-refractivity contribution in [3.8, 4) is 0 Å². The van der Waals surface area contributed by atoms with E-state index in [1.54, 1.807) is 6.92 Å². The molecule has 0 saturated carbocycles. The minimum atomic E-state index is -3.72. The van der Waals surface area contributed by atoms with Crippen LogP contribution in [0.5, 0.6) is 0 Å². The number of carbonyl (C=O) groups excluding carboxylic acids is 1. The van der Waals surface area contributed by atoms with Gasteiger partial charge in [0.25, 0.3) is 0 Å². The average Bonchev–Trinajstić information content (AvgIpc) is 1.96. The van der Waals surface area contributed by atoms with E-state index in [-0.39, 0.29) is 13.0 Å². The van der Waals surface area contributed by atoms with E-state index < -0.39 is 30.5 Å². The van der Waals surface area contributed by atoms with Gasteiger partial charge in [-0.05, 0) is 0 Å². The van der Waals surface area contributed by atoms with Crippen LogP contribution in [0.1, 0.15) is 13.3 Å². The first-order chi connectivity index (χ1) is 6.59. The van der Waals surface area contributed by atoms with Crippen LogP contribution in [0.15, 0.2) is 0 Å². The van der Waals surface area contributed by atoms with Gasteiger partial charge in [-0.3, -0.25) is 0 Å². The van der Waals surface area contributed by atoms with Crippen LogP contribution in [0, 0.1) is 0 Å². The fourth-order valence-electron chi connectivity index (χ4n) is 0.804. The molecule has 0 heterocycles. The molecule has 0 rings (SSSR count). The Bertz CT molecular complexity index is 211. The third-order valence-corrected chi connectivity index (χ3v) is 35.3. The van der Waals surface area contributed by atoms with Gasteiger partial charge in [-0.2, -0.15) is 0 Å². The van der Waals surface area contributed by atoms with E-state index in [1.165, 1.54) is 0 Å². The molecule has 15 heavy (non-hydrogen) atoms. The van der Waals surface area contributed by atoms with Crippen molar-refractivity contribution in [2.75, 3.05) is 6.61 Å². The van der Waals surface area contributed by atoms with Gasteiger partial charge in [-0.15, -0.1) is 0 Å². The monoisotopic (exact) mass is 458 g/mol. The molecule has 0 amide bonds. The second-order valence-corrected chi connectivity index (χ2v) is 37.3. The predicted octanol–water partition coefficient (Wildman–Crippen LogP) is 4.16. The first-order valence-corrected chi connectivity index (χ1v) is 22.8. The molecule has 0 aromatic rings. The van der Waals surface area contributed by atoms with Crippen molar-refractivity contribution in [3.05, 3.63) is 0 Å². The van der Waals surface area contributed by atoms with Crippen molar-refractivity contribution in [2.24, 2.45) is 0 Å². The summed E-state index contributed by atoms with van der Waals surface area (Å²) in [6.45, 7) is 1.94. The molecule has 2 nitrogen and oxygen atoms in total. The van der Waals surface area contributed by atoms with Crippen LogP contribution in [0.2, 0.25) is 3.58 Å². The second kappa shape index (κ2) is 7.03. The molecule has 0 aromatic heterocycles. The van der Waals surface area contributed by atoms with E-state index in [1.807, 2.05) is 0 Å². The number of esters is 1. The van der Waals surface area contributed by atoms with E-state index in [0.717, 1.165) is 0 Å². The summed E-state index contributed by atoms with van der Waals surface area (Å²) in [7, 11) is 27.6. The van der Waals surface area contributed by atoms with Gasteiger partial charge in [0.1, 0.15) is 0 Å². The summed E-state index contributed by atoms with van der Waals surface area (Å²) in [6.07, 6.45) is -0.110. The molecule has 0 unspecified atom stereocenters. The molecule has 90 valence electrons. The molecule has 0 aliphatic rings. The minimum absolute atomic E-state index is 0.110. The fraction of sp³-hybridized carbons (Fsp3) is 0.800. The molecule has 0 fully saturated rings. The van der Waals surface area contributed by atoms with E-state index in [4.69, 9.17) is 64.8 Å². The van der Waals surface area contributed by atoms with E-state index in [0.29, 0.717) is 0 Å². The van der Waals surface area contributed by atoms with E-state index >= 15 is 0 Å². The van der Waals surface area contributed by atoms with Crippen LogP contribution >= 0.6 is 60.1 Å². The van der Waals surface area contributed by atoms with Crippen molar-refractivity contribution in [1.29, 1.82) is 0 Å². The maximum absolute atomic E-state index is 11.2. The van der Waals surface area contributed by atoms with Gasteiger partial charge in [0.15, 0.2) is 0 Å². The SMILES string of the molecule is CCOC(=O)C[CH]([Ge]([Cl])([Cl])[Cl])[Ge]([Cl])([Cl])[Cl]. The van der Waals surface area contributed by atoms with Crippen LogP contribution in [-0.4, -0.2) is 33.5 Å². The Morgan fingerprint density at radius 3 is 1.80 bits per heavy atom. The van der Waals surface area contributed by atoms with Gasteiger partial charge in [-0.25, -0.2) is 0 Å². The standard InChI is InChI=1S/C5H8Cl6Ge2O2/c1-2-15-5(14)3-4(12(6,7)8)13(9,10)11/h4H,2-3H2,1H3. The van der Waals surface area contributed by atoms with Crippen molar-refractivity contribution >= 4 is 87.0 Å². The summed E-state index contributed by atoms with van der Waals surface area (Å²) >= 11 is 0. The predicted molar refractivity (Wildman–Crippen MR) is 71.6 cm³/mol. The Labute approximate surface area is 119 Å². The number of hydrogen-bond acceptors (Lipinski definition) is 2.